The molecule has 0 unspecified atom stereocenters. The molecule has 33 heavy (non-hydrogen) atoms. The molecule has 0 amide bonds. The lowest BCUT2D eigenvalue weighted by molar-refractivity contribution is 0.141. The monoisotopic (exact) mass is 479 g/mol. The minimum atomic E-state index is -0.0467. The zero-order valence-electron chi connectivity index (χ0n) is 18.4. The Balaban J connectivity index is 1.27. The van der Waals surface area contributed by atoms with Gasteiger partial charge in [0.25, 0.3) is 0 Å². The van der Waals surface area contributed by atoms with Crippen molar-refractivity contribution >= 4 is 49.3 Å². The van der Waals surface area contributed by atoms with Crippen LogP contribution in [0.15, 0.2) is 41.5 Å². The number of anilines is 1. The highest BCUT2D eigenvalue weighted by atomic mass is 35.5. The number of pyridine rings is 2. The highest BCUT2D eigenvalue weighted by molar-refractivity contribution is 7.22. The summed E-state index contributed by atoms with van der Waals surface area (Å²) in [5, 5.41) is 2.17. The summed E-state index contributed by atoms with van der Waals surface area (Å²) in [6, 6.07) is 7.95. The number of fused-ring (bicyclic) bond motifs is 2. The van der Waals surface area contributed by atoms with Crippen molar-refractivity contribution in [1.29, 1.82) is 0 Å². The molecule has 0 bridgehead atoms. The number of hydrogen-bond donors (Lipinski definition) is 1. The number of H-pyrrole nitrogens is 1. The molecule has 3 aromatic heterocycles. The largest absolute Gasteiger partial charge is 0.360 e. The average Bonchev–Trinajstić information content (AvgIpc) is 3.28. The van der Waals surface area contributed by atoms with Crippen molar-refractivity contribution < 1.29 is 0 Å². The molecule has 6 nitrogen and oxygen atoms in total. The molecule has 5 heterocycles. The minimum Gasteiger partial charge on any atom is -0.360 e. The Bertz CT molecular complexity index is 1370. The van der Waals surface area contributed by atoms with Crippen LogP contribution in [0.5, 0.6) is 0 Å². The van der Waals surface area contributed by atoms with Gasteiger partial charge in [-0.3, -0.25) is 4.79 Å². The quantitative estimate of drug-likeness (QED) is 0.431. The molecule has 0 spiro atoms. The Hall–Kier alpha value is -2.48. The Labute approximate surface area is 201 Å². The molecule has 6 rings (SSSR count). The van der Waals surface area contributed by atoms with Crippen molar-refractivity contribution in [3.8, 4) is 11.1 Å². The number of aromatic nitrogens is 3. The molecular weight excluding hydrogens is 454 g/mol. The zero-order chi connectivity index (χ0) is 22.4. The summed E-state index contributed by atoms with van der Waals surface area (Å²) in [5.41, 5.74) is 3.31. The van der Waals surface area contributed by atoms with Gasteiger partial charge in [0.15, 0.2) is 16.2 Å². The Morgan fingerprint density at radius 2 is 1.88 bits per heavy atom. The van der Waals surface area contributed by atoms with Crippen LogP contribution in [0.1, 0.15) is 32.1 Å². The number of nitrogens with one attached hydrogen (secondary N) is 1. The van der Waals surface area contributed by atoms with Gasteiger partial charge in [0.1, 0.15) is 0 Å². The first-order valence-electron chi connectivity index (χ1n) is 11.7. The third-order valence-corrected chi connectivity index (χ3v) is 8.29. The van der Waals surface area contributed by atoms with E-state index < -0.39 is 0 Å². The Kier molecular flexibility index (Phi) is 5.56. The number of halogens is 1. The van der Waals surface area contributed by atoms with Crippen LogP contribution in [-0.4, -0.2) is 52.1 Å². The van der Waals surface area contributed by atoms with Gasteiger partial charge in [-0.05, 0) is 57.0 Å². The maximum atomic E-state index is 12.3. The summed E-state index contributed by atoms with van der Waals surface area (Å²) in [7, 11) is 0. The van der Waals surface area contributed by atoms with E-state index in [2.05, 4.69) is 25.8 Å². The lowest BCUT2D eigenvalue weighted by atomic mass is 10.0. The van der Waals surface area contributed by atoms with Crippen LogP contribution in [0, 0.1) is 0 Å². The fraction of sp³-hybridized carbons (Fsp3) is 0.400. The summed E-state index contributed by atoms with van der Waals surface area (Å²) in [6.45, 7) is 4.63. The lowest BCUT2D eigenvalue weighted by Crippen LogP contribution is -2.46. The smallest absolute Gasteiger partial charge is 0.189 e. The van der Waals surface area contributed by atoms with Crippen LogP contribution < -0.4 is 10.3 Å². The summed E-state index contributed by atoms with van der Waals surface area (Å²) in [5.74, 6) is 0. The van der Waals surface area contributed by atoms with Gasteiger partial charge in [0.05, 0.1) is 10.2 Å². The van der Waals surface area contributed by atoms with Crippen molar-refractivity contribution in [1.82, 2.24) is 19.9 Å². The topological polar surface area (TPSA) is 65.1 Å². The van der Waals surface area contributed by atoms with E-state index in [-0.39, 0.29) is 5.43 Å². The second kappa shape index (κ2) is 8.70. The molecule has 2 saturated heterocycles. The number of hydrogen-bond acceptors (Lipinski definition) is 6. The van der Waals surface area contributed by atoms with E-state index in [1.165, 1.54) is 51.3 Å². The number of benzene rings is 1. The lowest BCUT2D eigenvalue weighted by Gasteiger charge is -2.40. The fourth-order valence-corrected chi connectivity index (χ4v) is 6.51. The van der Waals surface area contributed by atoms with E-state index in [9.17, 15) is 4.79 Å². The first-order valence-corrected chi connectivity index (χ1v) is 12.9. The standard InChI is InChI=1S/C25H26ClN5OS/c26-17-13-19(23-20(14-17)21(32)4-7-27-23)16-12-22-24(28-15-16)29-25(33-22)31-10-5-18(6-11-31)30-8-2-1-3-9-30/h4,7,12-15,18H,1-3,5-6,8-11H2,(H,27,32). The van der Waals surface area contributed by atoms with Crippen molar-refractivity contribution in [2.45, 2.75) is 38.1 Å². The van der Waals surface area contributed by atoms with E-state index in [1.807, 2.05) is 12.3 Å². The molecule has 0 radical (unpaired) electrons. The molecule has 170 valence electrons. The second-order valence-electron chi connectivity index (χ2n) is 9.07. The van der Waals surface area contributed by atoms with E-state index in [4.69, 9.17) is 16.6 Å². The molecule has 0 aliphatic carbocycles. The van der Waals surface area contributed by atoms with Gasteiger partial charge < -0.3 is 14.8 Å². The highest BCUT2D eigenvalue weighted by Gasteiger charge is 2.27. The third-order valence-electron chi connectivity index (χ3n) is 7.02. The van der Waals surface area contributed by atoms with Gasteiger partial charge in [-0.15, -0.1) is 0 Å². The van der Waals surface area contributed by atoms with Crippen molar-refractivity contribution in [3.05, 3.63) is 51.9 Å². The molecule has 1 N–H and O–H groups in total. The fourth-order valence-electron chi connectivity index (χ4n) is 5.27. The second-order valence-corrected chi connectivity index (χ2v) is 10.5. The van der Waals surface area contributed by atoms with Crippen LogP contribution in [0.25, 0.3) is 32.4 Å². The van der Waals surface area contributed by atoms with E-state index >= 15 is 0 Å². The first kappa shape index (κ1) is 21.1. The number of rotatable bonds is 3. The zero-order valence-corrected chi connectivity index (χ0v) is 20.0. The van der Waals surface area contributed by atoms with Crippen LogP contribution in [-0.2, 0) is 0 Å². The molecule has 1 aromatic carbocycles. The van der Waals surface area contributed by atoms with Crippen molar-refractivity contribution in [2.24, 2.45) is 0 Å². The maximum absolute atomic E-state index is 12.3. The van der Waals surface area contributed by atoms with E-state index in [0.717, 1.165) is 51.3 Å². The van der Waals surface area contributed by atoms with Crippen molar-refractivity contribution in [2.75, 3.05) is 31.1 Å². The summed E-state index contributed by atoms with van der Waals surface area (Å²) in [6.07, 6.45) is 9.99. The summed E-state index contributed by atoms with van der Waals surface area (Å²) in [4.78, 5) is 30.1. The summed E-state index contributed by atoms with van der Waals surface area (Å²) < 4.78 is 1.05. The van der Waals surface area contributed by atoms with Gasteiger partial charge in [0.2, 0.25) is 0 Å². The molecular formula is C25H26ClN5OS. The molecule has 4 aromatic rings. The molecule has 2 aliphatic rings. The molecule has 2 fully saturated rings. The minimum absolute atomic E-state index is 0.0467. The van der Waals surface area contributed by atoms with Crippen molar-refractivity contribution in [3.63, 3.8) is 0 Å². The molecule has 0 atom stereocenters. The number of piperidine rings is 2. The van der Waals surface area contributed by atoms with Gasteiger partial charge in [-0.25, -0.2) is 4.98 Å². The van der Waals surface area contributed by atoms with Gasteiger partial charge in [0, 0.05) is 59.1 Å². The number of likely N-dealkylation sites (tertiary alicyclic amines) is 1. The van der Waals surface area contributed by atoms with Gasteiger partial charge >= 0.3 is 0 Å². The SMILES string of the molecule is O=c1cc[nH]c2c(-c3cnc4nc(N5CCC(N6CCCCC6)CC5)sc4c3)cc(Cl)cc12. The predicted molar refractivity (Wildman–Crippen MR) is 137 cm³/mol. The average molecular weight is 480 g/mol. The maximum Gasteiger partial charge on any atom is 0.189 e. The summed E-state index contributed by atoms with van der Waals surface area (Å²) >= 11 is 8.04. The van der Waals surface area contributed by atoms with E-state index in [0.29, 0.717) is 10.4 Å². The Morgan fingerprint density at radius 3 is 2.70 bits per heavy atom. The molecule has 0 saturated carbocycles. The molecule has 2 aliphatic heterocycles. The number of aromatic amines is 1. The first-order chi connectivity index (χ1) is 16.2. The van der Waals surface area contributed by atoms with Crippen LogP contribution in [0.4, 0.5) is 5.13 Å². The van der Waals surface area contributed by atoms with Crippen LogP contribution in [0.3, 0.4) is 0 Å². The third kappa shape index (κ3) is 4.03. The van der Waals surface area contributed by atoms with E-state index in [1.54, 1.807) is 23.6 Å². The van der Waals surface area contributed by atoms with Gasteiger partial charge in [-0.2, -0.15) is 4.98 Å². The highest BCUT2D eigenvalue weighted by Crippen LogP contribution is 2.35. The van der Waals surface area contributed by atoms with Crippen LogP contribution >= 0.6 is 22.9 Å². The Morgan fingerprint density at radius 1 is 1.06 bits per heavy atom. The van der Waals surface area contributed by atoms with Gasteiger partial charge in [-0.1, -0.05) is 29.4 Å². The number of thiazole rings is 1. The van der Waals surface area contributed by atoms with Crippen LogP contribution in [0.2, 0.25) is 5.02 Å². The predicted octanol–water partition coefficient (Wildman–Crippen LogP) is 5.31. The molecule has 8 heteroatoms. The normalized spacial score (nSPS) is 18.4. The number of nitrogens with zero attached hydrogens (tertiary/aromatic N) is 4.